The molecular weight excluding hydrogens is 280 g/mol. The van der Waals surface area contributed by atoms with E-state index in [-0.39, 0.29) is 5.91 Å². The predicted octanol–water partition coefficient (Wildman–Crippen LogP) is 3.09. The maximum Gasteiger partial charge on any atom is 0.238 e. The van der Waals surface area contributed by atoms with Gasteiger partial charge in [-0.3, -0.25) is 4.79 Å². The quantitative estimate of drug-likeness (QED) is 0.793. The first-order valence-electron chi connectivity index (χ1n) is 5.90. The van der Waals surface area contributed by atoms with Crippen LogP contribution in [0.15, 0.2) is 22.7 Å². The van der Waals surface area contributed by atoms with Gasteiger partial charge in [0.25, 0.3) is 0 Å². The number of rotatable bonds is 6. The van der Waals surface area contributed by atoms with Gasteiger partial charge >= 0.3 is 0 Å². The number of benzene rings is 1. The third-order valence-corrected chi connectivity index (χ3v) is 3.05. The Bertz CT molecular complexity index is 380. The summed E-state index contributed by atoms with van der Waals surface area (Å²) in [5.74, 6) is -0.00865. The largest absolute Gasteiger partial charge is 0.324 e. The molecule has 0 fully saturated rings. The second kappa shape index (κ2) is 7.45. The minimum atomic E-state index is -0.00865. The summed E-state index contributed by atoms with van der Waals surface area (Å²) >= 11 is 3.43. The maximum atomic E-state index is 11.6. The van der Waals surface area contributed by atoms with E-state index in [4.69, 9.17) is 0 Å². The van der Waals surface area contributed by atoms with Crippen LogP contribution >= 0.6 is 15.9 Å². The van der Waals surface area contributed by atoms with Crippen LogP contribution < -0.4 is 10.6 Å². The van der Waals surface area contributed by atoms with Crippen LogP contribution in [0.1, 0.15) is 25.3 Å². The molecule has 0 spiro atoms. The third-order valence-electron chi connectivity index (χ3n) is 2.39. The molecule has 1 amide bonds. The molecule has 2 N–H and O–H groups in total. The Labute approximate surface area is 111 Å². The fourth-order valence-electron chi connectivity index (χ4n) is 1.42. The van der Waals surface area contributed by atoms with Gasteiger partial charge < -0.3 is 10.6 Å². The highest BCUT2D eigenvalue weighted by molar-refractivity contribution is 9.10. The lowest BCUT2D eigenvalue weighted by atomic mass is 10.2. The first-order chi connectivity index (χ1) is 8.13. The number of amides is 1. The van der Waals surface area contributed by atoms with Crippen molar-refractivity contribution in [2.75, 3.05) is 18.4 Å². The van der Waals surface area contributed by atoms with Crippen LogP contribution in [0.3, 0.4) is 0 Å². The Morgan fingerprint density at radius 3 is 2.82 bits per heavy atom. The van der Waals surface area contributed by atoms with Crippen molar-refractivity contribution in [1.29, 1.82) is 0 Å². The summed E-state index contributed by atoms with van der Waals surface area (Å²) in [7, 11) is 0. The Morgan fingerprint density at radius 1 is 1.41 bits per heavy atom. The van der Waals surface area contributed by atoms with Gasteiger partial charge in [-0.25, -0.2) is 0 Å². The molecular formula is C13H19BrN2O. The summed E-state index contributed by atoms with van der Waals surface area (Å²) in [5, 5.41) is 5.98. The number of aryl methyl sites for hydroxylation is 1. The monoisotopic (exact) mass is 298 g/mol. The molecule has 0 radical (unpaired) electrons. The fourth-order valence-corrected chi connectivity index (χ4v) is 2.01. The average Bonchev–Trinajstić information content (AvgIpc) is 2.28. The van der Waals surface area contributed by atoms with Gasteiger partial charge in [-0.2, -0.15) is 0 Å². The Kier molecular flexibility index (Phi) is 6.22. The molecule has 0 atom stereocenters. The molecule has 1 rings (SSSR count). The molecule has 0 aliphatic carbocycles. The number of halogens is 1. The van der Waals surface area contributed by atoms with Crippen LogP contribution in [0, 0.1) is 6.92 Å². The number of carbonyl (C=O) groups is 1. The van der Waals surface area contributed by atoms with Crippen molar-refractivity contribution in [3.8, 4) is 0 Å². The smallest absolute Gasteiger partial charge is 0.238 e. The lowest BCUT2D eigenvalue weighted by Gasteiger charge is -2.08. The molecule has 3 nitrogen and oxygen atoms in total. The highest BCUT2D eigenvalue weighted by atomic mass is 79.9. The van der Waals surface area contributed by atoms with E-state index in [1.54, 1.807) is 0 Å². The zero-order chi connectivity index (χ0) is 12.7. The van der Waals surface area contributed by atoms with E-state index in [1.807, 2.05) is 25.1 Å². The van der Waals surface area contributed by atoms with Crippen LogP contribution in [0.25, 0.3) is 0 Å². The van der Waals surface area contributed by atoms with Crippen molar-refractivity contribution >= 4 is 27.5 Å². The number of hydrogen-bond acceptors (Lipinski definition) is 2. The van der Waals surface area contributed by atoms with Gasteiger partial charge in [-0.05, 0) is 53.5 Å². The van der Waals surface area contributed by atoms with Crippen LogP contribution in [0.2, 0.25) is 0 Å². The van der Waals surface area contributed by atoms with Crippen LogP contribution in [0.4, 0.5) is 5.69 Å². The summed E-state index contributed by atoms with van der Waals surface area (Å²) in [5.41, 5.74) is 1.98. The van der Waals surface area contributed by atoms with Gasteiger partial charge in [0.15, 0.2) is 0 Å². The van der Waals surface area contributed by atoms with E-state index in [0.717, 1.165) is 35.1 Å². The number of nitrogens with one attached hydrogen (secondary N) is 2. The zero-order valence-electron chi connectivity index (χ0n) is 10.3. The summed E-state index contributed by atoms with van der Waals surface area (Å²) in [6.45, 7) is 5.40. The molecule has 0 aliphatic rings. The SMILES string of the molecule is CCCCNCC(=O)Nc1ccc(C)cc1Br. The standard InChI is InChI=1S/C13H19BrN2O/c1-3-4-7-15-9-13(17)16-12-6-5-10(2)8-11(12)14/h5-6,8,15H,3-4,7,9H2,1-2H3,(H,16,17). The van der Waals surface area contributed by atoms with Crippen molar-refractivity contribution < 1.29 is 4.79 Å². The van der Waals surface area contributed by atoms with E-state index >= 15 is 0 Å². The van der Waals surface area contributed by atoms with Crippen molar-refractivity contribution in [3.05, 3.63) is 28.2 Å². The Hall–Kier alpha value is -0.870. The molecule has 0 aliphatic heterocycles. The summed E-state index contributed by atoms with van der Waals surface area (Å²) in [6, 6.07) is 5.87. The highest BCUT2D eigenvalue weighted by Crippen LogP contribution is 2.23. The zero-order valence-corrected chi connectivity index (χ0v) is 11.9. The van der Waals surface area contributed by atoms with E-state index in [1.165, 1.54) is 0 Å². The molecule has 0 saturated heterocycles. The molecule has 1 aromatic rings. The second-order valence-corrected chi connectivity index (χ2v) is 4.92. The summed E-state index contributed by atoms with van der Waals surface area (Å²) in [4.78, 5) is 11.6. The Balaban J connectivity index is 2.40. The lowest BCUT2D eigenvalue weighted by Crippen LogP contribution is -2.28. The minimum absolute atomic E-state index is 0.00865. The maximum absolute atomic E-state index is 11.6. The highest BCUT2D eigenvalue weighted by Gasteiger charge is 2.04. The number of anilines is 1. The molecule has 0 bridgehead atoms. The van der Waals surface area contributed by atoms with Crippen LogP contribution in [-0.2, 0) is 4.79 Å². The topological polar surface area (TPSA) is 41.1 Å². The molecule has 1 aromatic carbocycles. The summed E-state index contributed by atoms with van der Waals surface area (Å²) in [6.07, 6.45) is 2.24. The van der Waals surface area contributed by atoms with Crippen molar-refractivity contribution in [2.24, 2.45) is 0 Å². The summed E-state index contributed by atoms with van der Waals surface area (Å²) < 4.78 is 0.916. The van der Waals surface area contributed by atoms with Gasteiger partial charge in [0, 0.05) is 4.47 Å². The molecule has 0 unspecified atom stereocenters. The van der Waals surface area contributed by atoms with Crippen molar-refractivity contribution in [2.45, 2.75) is 26.7 Å². The lowest BCUT2D eigenvalue weighted by molar-refractivity contribution is -0.115. The number of carbonyl (C=O) groups excluding carboxylic acids is 1. The van der Waals surface area contributed by atoms with Crippen LogP contribution in [0.5, 0.6) is 0 Å². The second-order valence-electron chi connectivity index (χ2n) is 4.06. The number of unbranched alkanes of at least 4 members (excludes halogenated alkanes) is 1. The van der Waals surface area contributed by atoms with Gasteiger partial charge in [-0.1, -0.05) is 19.4 Å². The van der Waals surface area contributed by atoms with E-state index in [2.05, 4.69) is 33.5 Å². The Morgan fingerprint density at radius 2 is 2.18 bits per heavy atom. The van der Waals surface area contributed by atoms with Crippen LogP contribution in [-0.4, -0.2) is 19.0 Å². The fraction of sp³-hybridized carbons (Fsp3) is 0.462. The molecule has 94 valence electrons. The first-order valence-corrected chi connectivity index (χ1v) is 6.69. The van der Waals surface area contributed by atoms with Gasteiger partial charge in [0.1, 0.15) is 0 Å². The molecule has 4 heteroatoms. The molecule has 0 aromatic heterocycles. The van der Waals surface area contributed by atoms with Crippen molar-refractivity contribution in [3.63, 3.8) is 0 Å². The van der Waals surface area contributed by atoms with E-state index in [9.17, 15) is 4.79 Å². The third kappa shape index (κ3) is 5.33. The van der Waals surface area contributed by atoms with Crippen molar-refractivity contribution in [1.82, 2.24) is 5.32 Å². The first kappa shape index (κ1) is 14.2. The molecule has 0 heterocycles. The molecule has 0 saturated carbocycles. The normalized spacial score (nSPS) is 10.3. The molecule has 17 heavy (non-hydrogen) atoms. The van der Waals surface area contributed by atoms with E-state index in [0.29, 0.717) is 6.54 Å². The van der Waals surface area contributed by atoms with E-state index < -0.39 is 0 Å². The number of hydrogen-bond donors (Lipinski definition) is 2. The van der Waals surface area contributed by atoms with Gasteiger partial charge in [-0.15, -0.1) is 0 Å². The average molecular weight is 299 g/mol. The van der Waals surface area contributed by atoms with Gasteiger partial charge in [0.2, 0.25) is 5.91 Å². The van der Waals surface area contributed by atoms with Gasteiger partial charge in [0.05, 0.1) is 12.2 Å². The minimum Gasteiger partial charge on any atom is -0.324 e. The predicted molar refractivity (Wildman–Crippen MR) is 75.3 cm³/mol.